The zero-order valence-electron chi connectivity index (χ0n) is 36.3. The molecule has 0 aliphatic rings. The lowest BCUT2D eigenvalue weighted by Gasteiger charge is -2.20. The lowest BCUT2D eigenvalue weighted by molar-refractivity contribution is -0.123. The standard InChI is InChI=1S/C49H97NO3/c1-3-5-7-9-11-13-15-17-18-19-20-21-22-23-24-25-26-27-28-29-30-31-33-35-37-39-41-43-45-49(53)50-47(46-51)48(52)44-42-40-38-36-34-32-16-14-12-10-8-6-4-2/h42,44,47-48,51-52H,3-41,43,45-46H2,1-2H3,(H,50,53)/b44-42+/t47-,48+/m0/s1. The van der Waals surface area contributed by atoms with Crippen molar-refractivity contribution in [2.45, 2.75) is 289 Å². The summed E-state index contributed by atoms with van der Waals surface area (Å²) in [7, 11) is 0. The monoisotopic (exact) mass is 748 g/mol. The first-order valence-corrected chi connectivity index (χ1v) is 24.4. The van der Waals surface area contributed by atoms with Crippen molar-refractivity contribution < 1.29 is 15.0 Å². The summed E-state index contributed by atoms with van der Waals surface area (Å²) < 4.78 is 0. The highest BCUT2D eigenvalue weighted by Crippen LogP contribution is 2.17. The summed E-state index contributed by atoms with van der Waals surface area (Å²) in [6.07, 6.45) is 57.8. The van der Waals surface area contributed by atoms with Gasteiger partial charge in [-0.15, -0.1) is 0 Å². The fourth-order valence-electron chi connectivity index (χ4n) is 7.77. The van der Waals surface area contributed by atoms with Gasteiger partial charge in [-0.05, 0) is 19.3 Å². The molecule has 0 bridgehead atoms. The summed E-state index contributed by atoms with van der Waals surface area (Å²) in [5.74, 6) is -0.0586. The fourth-order valence-corrected chi connectivity index (χ4v) is 7.77. The average molecular weight is 748 g/mol. The number of amides is 1. The fraction of sp³-hybridized carbons (Fsp3) is 0.939. The maximum absolute atomic E-state index is 12.4. The van der Waals surface area contributed by atoms with Gasteiger partial charge in [0.2, 0.25) is 5.91 Å². The van der Waals surface area contributed by atoms with Crippen molar-refractivity contribution in [2.75, 3.05) is 6.61 Å². The molecule has 1 amide bonds. The lowest BCUT2D eigenvalue weighted by Crippen LogP contribution is -2.45. The van der Waals surface area contributed by atoms with Crippen molar-refractivity contribution in [1.29, 1.82) is 0 Å². The van der Waals surface area contributed by atoms with Crippen LogP contribution in [-0.2, 0) is 4.79 Å². The third-order valence-electron chi connectivity index (χ3n) is 11.5. The highest BCUT2D eigenvalue weighted by Gasteiger charge is 2.18. The van der Waals surface area contributed by atoms with E-state index in [9.17, 15) is 15.0 Å². The Morgan fingerprint density at radius 1 is 0.434 bits per heavy atom. The number of hydrogen-bond donors (Lipinski definition) is 3. The molecule has 53 heavy (non-hydrogen) atoms. The molecule has 0 radical (unpaired) electrons. The van der Waals surface area contributed by atoms with E-state index in [0.717, 1.165) is 25.7 Å². The van der Waals surface area contributed by atoms with Crippen LogP contribution in [0.15, 0.2) is 12.2 Å². The highest BCUT2D eigenvalue weighted by molar-refractivity contribution is 5.76. The van der Waals surface area contributed by atoms with Crippen molar-refractivity contribution in [3.05, 3.63) is 12.2 Å². The van der Waals surface area contributed by atoms with Crippen molar-refractivity contribution >= 4 is 5.91 Å². The normalized spacial score (nSPS) is 12.9. The van der Waals surface area contributed by atoms with E-state index < -0.39 is 12.1 Å². The zero-order chi connectivity index (χ0) is 38.6. The van der Waals surface area contributed by atoms with Gasteiger partial charge in [0.25, 0.3) is 0 Å². The van der Waals surface area contributed by atoms with Crippen molar-refractivity contribution in [3.63, 3.8) is 0 Å². The van der Waals surface area contributed by atoms with E-state index in [2.05, 4.69) is 19.2 Å². The highest BCUT2D eigenvalue weighted by atomic mass is 16.3. The quantitative estimate of drug-likeness (QED) is 0.0429. The van der Waals surface area contributed by atoms with Crippen LogP contribution in [0.2, 0.25) is 0 Å². The van der Waals surface area contributed by atoms with Gasteiger partial charge in [0, 0.05) is 6.42 Å². The van der Waals surface area contributed by atoms with Crippen LogP contribution >= 0.6 is 0 Å². The molecular weight excluding hydrogens is 651 g/mol. The molecule has 3 N–H and O–H groups in total. The van der Waals surface area contributed by atoms with Crippen LogP contribution < -0.4 is 5.32 Å². The van der Waals surface area contributed by atoms with E-state index in [1.165, 1.54) is 231 Å². The number of aliphatic hydroxyl groups is 2. The molecule has 4 nitrogen and oxygen atoms in total. The summed E-state index contributed by atoms with van der Waals surface area (Å²) in [6.45, 7) is 4.33. The Bertz CT molecular complexity index is 725. The SMILES string of the molecule is CCCCCCCCCCCCC/C=C/[C@@H](O)[C@H](CO)NC(=O)CCCCCCCCCCCCCCCCCCCCCCCCCCCCCC. The van der Waals surface area contributed by atoms with Crippen LogP contribution in [0.5, 0.6) is 0 Å². The molecule has 0 rings (SSSR count). The van der Waals surface area contributed by atoms with Gasteiger partial charge < -0.3 is 15.5 Å². The van der Waals surface area contributed by atoms with Crippen LogP contribution in [0.1, 0.15) is 277 Å². The molecule has 316 valence electrons. The summed E-state index contributed by atoms with van der Waals surface area (Å²) in [5.41, 5.74) is 0. The lowest BCUT2D eigenvalue weighted by atomic mass is 10.0. The van der Waals surface area contributed by atoms with Gasteiger partial charge in [-0.25, -0.2) is 0 Å². The van der Waals surface area contributed by atoms with E-state index in [4.69, 9.17) is 0 Å². The predicted octanol–water partition coefficient (Wildman–Crippen LogP) is 15.4. The third kappa shape index (κ3) is 42.1. The molecule has 0 spiro atoms. The molecule has 0 aliphatic carbocycles. The number of nitrogens with one attached hydrogen (secondary N) is 1. The molecule has 2 atom stereocenters. The van der Waals surface area contributed by atoms with Crippen LogP contribution in [0, 0.1) is 0 Å². The molecule has 0 heterocycles. The van der Waals surface area contributed by atoms with Gasteiger partial charge in [-0.3, -0.25) is 4.79 Å². The summed E-state index contributed by atoms with van der Waals surface area (Å²) in [6, 6.07) is -0.616. The van der Waals surface area contributed by atoms with Gasteiger partial charge in [0.15, 0.2) is 0 Å². The van der Waals surface area contributed by atoms with E-state index in [1.807, 2.05) is 6.08 Å². The molecule has 0 aromatic carbocycles. The van der Waals surface area contributed by atoms with Gasteiger partial charge in [-0.1, -0.05) is 264 Å². The van der Waals surface area contributed by atoms with E-state index in [-0.39, 0.29) is 12.5 Å². The number of carbonyl (C=O) groups excluding carboxylic acids is 1. The Kier molecular flexibility index (Phi) is 44.8. The Labute approximate surface area is 333 Å². The minimum Gasteiger partial charge on any atom is -0.394 e. The number of rotatable bonds is 45. The van der Waals surface area contributed by atoms with Gasteiger partial charge in [0.1, 0.15) is 0 Å². The Hall–Kier alpha value is -0.870. The molecular formula is C49H97NO3. The molecule has 0 aromatic heterocycles. The first-order chi connectivity index (χ1) is 26.2. The van der Waals surface area contributed by atoms with E-state index in [1.54, 1.807) is 6.08 Å². The molecule has 0 fully saturated rings. The number of allylic oxidation sites excluding steroid dienone is 1. The summed E-state index contributed by atoms with van der Waals surface area (Å²) in [4.78, 5) is 12.4. The number of hydrogen-bond acceptors (Lipinski definition) is 3. The smallest absolute Gasteiger partial charge is 0.220 e. The predicted molar refractivity (Wildman–Crippen MR) is 235 cm³/mol. The second kappa shape index (κ2) is 45.5. The number of carbonyl (C=O) groups is 1. The maximum Gasteiger partial charge on any atom is 0.220 e. The maximum atomic E-state index is 12.4. The van der Waals surface area contributed by atoms with Crippen LogP contribution in [-0.4, -0.2) is 34.9 Å². The van der Waals surface area contributed by atoms with Gasteiger partial charge in [0.05, 0.1) is 18.8 Å². The van der Waals surface area contributed by atoms with Crippen LogP contribution in [0.4, 0.5) is 0 Å². The van der Waals surface area contributed by atoms with Crippen LogP contribution in [0.25, 0.3) is 0 Å². The number of aliphatic hydroxyl groups excluding tert-OH is 2. The Balaban J connectivity index is 3.42. The summed E-state index contributed by atoms with van der Waals surface area (Å²) >= 11 is 0. The molecule has 0 aromatic rings. The van der Waals surface area contributed by atoms with Gasteiger partial charge >= 0.3 is 0 Å². The molecule has 0 saturated carbocycles. The molecule has 0 unspecified atom stereocenters. The Morgan fingerprint density at radius 2 is 0.698 bits per heavy atom. The molecule has 0 saturated heterocycles. The summed E-state index contributed by atoms with van der Waals surface area (Å²) in [5, 5.41) is 23.0. The first-order valence-electron chi connectivity index (χ1n) is 24.4. The third-order valence-corrected chi connectivity index (χ3v) is 11.5. The van der Waals surface area contributed by atoms with Crippen molar-refractivity contribution in [2.24, 2.45) is 0 Å². The second-order valence-corrected chi connectivity index (χ2v) is 16.9. The van der Waals surface area contributed by atoms with E-state index >= 15 is 0 Å². The first kappa shape index (κ1) is 52.1. The minimum atomic E-state index is -0.833. The Morgan fingerprint density at radius 3 is 0.981 bits per heavy atom. The molecule has 4 heteroatoms. The van der Waals surface area contributed by atoms with Crippen molar-refractivity contribution in [1.82, 2.24) is 5.32 Å². The topological polar surface area (TPSA) is 69.6 Å². The second-order valence-electron chi connectivity index (χ2n) is 16.9. The average Bonchev–Trinajstić information content (AvgIpc) is 3.16. The van der Waals surface area contributed by atoms with Gasteiger partial charge in [-0.2, -0.15) is 0 Å². The number of unbranched alkanes of at least 4 members (excludes halogenated alkanes) is 38. The minimum absolute atomic E-state index is 0.0586. The van der Waals surface area contributed by atoms with Crippen molar-refractivity contribution in [3.8, 4) is 0 Å². The van der Waals surface area contributed by atoms with Crippen LogP contribution in [0.3, 0.4) is 0 Å². The zero-order valence-corrected chi connectivity index (χ0v) is 36.3. The van der Waals surface area contributed by atoms with E-state index in [0.29, 0.717) is 6.42 Å². The molecule has 0 aliphatic heterocycles. The largest absolute Gasteiger partial charge is 0.394 e.